The Labute approximate surface area is 195 Å². The number of carbonyl (C=O) groups is 1. The number of rotatable bonds is 3. The first kappa shape index (κ1) is 20.2. The number of fused-ring (bicyclic) bond motifs is 3. The molecule has 1 spiro atoms. The van der Waals surface area contributed by atoms with Gasteiger partial charge in [0.1, 0.15) is 6.33 Å². The molecule has 0 bridgehead atoms. The Hall–Kier alpha value is -3.42. The molecule has 4 aromatic rings. The number of benzene rings is 1. The van der Waals surface area contributed by atoms with Crippen LogP contribution in [0.5, 0.6) is 0 Å². The van der Waals surface area contributed by atoms with Gasteiger partial charge in [-0.15, -0.1) is 0 Å². The molecule has 0 saturated carbocycles. The number of halogens is 1. The van der Waals surface area contributed by atoms with E-state index in [1.54, 1.807) is 24.8 Å². The van der Waals surface area contributed by atoms with Crippen LogP contribution in [0.1, 0.15) is 24.1 Å². The van der Waals surface area contributed by atoms with E-state index in [9.17, 15) is 4.79 Å². The minimum atomic E-state index is -0.496. The molecule has 6 rings (SSSR count). The van der Waals surface area contributed by atoms with E-state index in [4.69, 9.17) is 16.6 Å². The van der Waals surface area contributed by atoms with Crippen LogP contribution >= 0.6 is 11.6 Å². The molecule has 0 aliphatic carbocycles. The molecule has 1 saturated heterocycles. The molecule has 5 heterocycles. The van der Waals surface area contributed by atoms with Crippen LogP contribution in [0.4, 0.5) is 5.69 Å². The van der Waals surface area contributed by atoms with Crippen molar-refractivity contribution >= 4 is 34.0 Å². The van der Waals surface area contributed by atoms with Gasteiger partial charge in [0, 0.05) is 46.3 Å². The number of aromatic nitrogens is 4. The fraction of sp³-hybridized carbons (Fsp3) is 0.240. The SMILES string of the molecule is O=C1N(Cc2ncc3cc(Cl)ccc3c2-c2cncnc2)c2cnccc2C12CCNCC2. The highest BCUT2D eigenvalue weighted by molar-refractivity contribution is 6.31. The molecule has 1 amide bonds. The van der Waals surface area contributed by atoms with Gasteiger partial charge in [-0.05, 0) is 55.1 Å². The highest BCUT2D eigenvalue weighted by Crippen LogP contribution is 2.47. The summed E-state index contributed by atoms with van der Waals surface area (Å²) in [7, 11) is 0. The van der Waals surface area contributed by atoms with Crippen LogP contribution in [0.3, 0.4) is 0 Å². The molecule has 33 heavy (non-hydrogen) atoms. The summed E-state index contributed by atoms with van der Waals surface area (Å²) >= 11 is 6.23. The van der Waals surface area contributed by atoms with Crippen molar-refractivity contribution in [3.05, 3.63) is 77.9 Å². The van der Waals surface area contributed by atoms with E-state index < -0.39 is 5.41 Å². The van der Waals surface area contributed by atoms with Gasteiger partial charge in [-0.2, -0.15) is 0 Å². The third-order valence-electron chi connectivity index (χ3n) is 6.81. The highest BCUT2D eigenvalue weighted by atomic mass is 35.5. The number of nitrogens with one attached hydrogen (secondary N) is 1. The third kappa shape index (κ3) is 3.19. The largest absolute Gasteiger partial charge is 0.317 e. The Bertz CT molecular complexity index is 1370. The Balaban J connectivity index is 1.50. The number of hydrogen-bond acceptors (Lipinski definition) is 6. The lowest BCUT2D eigenvalue weighted by atomic mass is 9.74. The molecule has 0 radical (unpaired) electrons. The minimum Gasteiger partial charge on any atom is -0.317 e. The second-order valence-electron chi connectivity index (χ2n) is 8.55. The molecular weight excluding hydrogens is 436 g/mol. The van der Waals surface area contributed by atoms with Gasteiger partial charge >= 0.3 is 0 Å². The van der Waals surface area contributed by atoms with Crippen LogP contribution < -0.4 is 10.2 Å². The zero-order valence-corrected chi connectivity index (χ0v) is 18.6. The van der Waals surface area contributed by atoms with Crippen LogP contribution in [0.2, 0.25) is 5.02 Å². The first-order chi connectivity index (χ1) is 16.2. The predicted molar refractivity (Wildman–Crippen MR) is 127 cm³/mol. The second-order valence-corrected chi connectivity index (χ2v) is 8.99. The van der Waals surface area contributed by atoms with Crippen LogP contribution in [-0.4, -0.2) is 38.9 Å². The number of pyridine rings is 2. The summed E-state index contributed by atoms with van der Waals surface area (Å²) in [5.74, 6) is 0.125. The van der Waals surface area contributed by atoms with E-state index >= 15 is 0 Å². The molecule has 2 aliphatic rings. The molecule has 0 unspecified atom stereocenters. The third-order valence-corrected chi connectivity index (χ3v) is 7.04. The summed E-state index contributed by atoms with van der Waals surface area (Å²) in [6.45, 7) is 1.99. The number of anilines is 1. The van der Waals surface area contributed by atoms with E-state index in [-0.39, 0.29) is 5.91 Å². The maximum atomic E-state index is 13.9. The van der Waals surface area contributed by atoms with E-state index in [2.05, 4.69) is 20.3 Å². The predicted octanol–water partition coefficient (Wildman–Crippen LogP) is 3.91. The van der Waals surface area contributed by atoms with Crippen molar-refractivity contribution in [3.63, 3.8) is 0 Å². The zero-order valence-electron chi connectivity index (χ0n) is 17.8. The highest BCUT2D eigenvalue weighted by Gasteiger charge is 2.51. The van der Waals surface area contributed by atoms with Crippen LogP contribution in [-0.2, 0) is 16.8 Å². The van der Waals surface area contributed by atoms with E-state index in [0.717, 1.165) is 64.8 Å². The molecular formula is C25H21ClN6O. The van der Waals surface area contributed by atoms with Crippen molar-refractivity contribution in [1.29, 1.82) is 0 Å². The average Bonchev–Trinajstić information content (AvgIpc) is 3.07. The Morgan fingerprint density at radius 3 is 2.67 bits per heavy atom. The van der Waals surface area contributed by atoms with Gasteiger partial charge < -0.3 is 10.2 Å². The Morgan fingerprint density at radius 1 is 1.03 bits per heavy atom. The van der Waals surface area contributed by atoms with Crippen LogP contribution in [0, 0.1) is 0 Å². The van der Waals surface area contributed by atoms with Gasteiger partial charge in [0.2, 0.25) is 5.91 Å². The maximum absolute atomic E-state index is 13.9. The summed E-state index contributed by atoms with van der Waals surface area (Å²) in [6, 6.07) is 7.75. The minimum absolute atomic E-state index is 0.125. The first-order valence-electron chi connectivity index (χ1n) is 11.0. The topological polar surface area (TPSA) is 83.9 Å². The van der Waals surface area contributed by atoms with Gasteiger partial charge in [-0.25, -0.2) is 9.97 Å². The van der Waals surface area contributed by atoms with E-state index in [0.29, 0.717) is 11.6 Å². The molecule has 0 atom stereocenters. The van der Waals surface area contributed by atoms with Crippen molar-refractivity contribution in [2.75, 3.05) is 18.0 Å². The van der Waals surface area contributed by atoms with Gasteiger partial charge in [0.05, 0.1) is 29.5 Å². The van der Waals surface area contributed by atoms with Crippen molar-refractivity contribution in [2.24, 2.45) is 0 Å². The summed E-state index contributed by atoms with van der Waals surface area (Å²) in [5.41, 5.74) is 3.99. The quantitative estimate of drug-likeness (QED) is 0.503. The van der Waals surface area contributed by atoms with Crippen molar-refractivity contribution in [1.82, 2.24) is 25.3 Å². The average molecular weight is 457 g/mol. The van der Waals surface area contributed by atoms with Crippen LogP contribution in [0.15, 0.2) is 61.6 Å². The Morgan fingerprint density at radius 2 is 1.85 bits per heavy atom. The summed E-state index contributed by atoms with van der Waals surface area (Å²) in [6.07, 6.45) is 12.0. The lowest BCUT2D eigenvalue weighted by Crippen LogP contribution is -2.47. The molecule has 1 aromatic carbocycles. The summed E-state index contributed by atoms with van der Waals surface area (Å²) in [4.78, 5) is 33.3. The van der Waals surface area contributed by atoms with E-state index in [1.807, 2.05) is 35.4 Å². The molecule has 1 fully saturated rings. The fourth-order valence-electron chi connectivity index (χ4n) is 5.24. The smallest absolute Gasteiger partial charge is 0.238 e. The second kappa shape index (κ2) is 7.86. The van der Waals surface area contributed by atoms with Gasteiger partial charge in [-0.1, -0.05) is 17.7 Å². The van der Waals surface area contributed by atoms with Crippen molar-refractivity contribution < 1.29 is 4.79 Å². The molecule has 3 aromatic heterocycles. The molecule has 164 valence electrons. The zero-order chi connectivity index (χ0) is 22.4. The molecule has 2 aliphatic heterocycles. The number of piperidine rings is 1. The number of hydrogen-bond donors (Lipinski definition) is 1. The van der Waals surface area contributed by atoms with Gasteiger partial charge in [0.15, 0.2) is 0 Å². The number of amides is 1. The standard InChI is InChI=1S/C25H21ClN6O/c26-18-1-2-19-16(9-18)12-31-21(23(19)17-10-29-15-30-11-17)14-32-22-13-28-6-3-20(22)25(24(32)33)4-7-27-8-5-25/h1-3,6,9-13,15,27H,4-5,7-8,14H2. The lowest BCUT2D eigenvalue weighted by Gasteiger charge is -2.33. The summed E-state index contributed by atoms with van der Waals surface area (Å²) < 4.78 is 0. The monoisotopic (exact) mass is 456 g/mol. The van der Waals surface area contributed by atoms with Gasteiger partial charge in [0.25, 0.3) is 0 Å². The maximum Gasteiger partial charge on any atom is 0.238 e. The molecule has 1 N–H and O–H groups in total. The normalized spacial score (nSPS) is 17.0. The number of carbonyl (C=O) groups excluding carboxylic acids is 1. The van der Waals surface area contributed by atoms with Crippen LogP contribution in [0.25, 0.3) is 21.9 Å². The van der Waals surface area contributed by atoms with E-state index in [1.165, 1.54) is 6.33 Å². The van der Waals surface area contributed by atoms with Crippen molar-refractivity contribution in [2.45, 2.75) is 24.8 Å². The first-order valence-corrected chi connectivity index (χ1v) is 11.3. The number of nitrogens with zero attached hydrogens (tertiary/aromatic N) is 5. The summed E-state index contributed by atoms with van der Waals surface area (Å²) in [5, 5.41) is 5.95. The lowest BCUT2D eigenvalue weighted by molar-refractivity contribution is -0.124. The molecule has 7 nitrogen and oxygen atoms in total. The van der Waals surface area contributed by atoms with Crippen molar-refractivity contribution in [3.8, 4) is 11.1 Å². The van der Waals surface area contributed by atoms with Gasteiger partial charge in [-0.3, -0.25) is 14.8 Å². The molecule has 8 heteroatoms. The Kier molecular flexibility index (Phi) is 4.81. The fourth-order valence-corrected chi connectivity index (χ4v) is 5.42.